The average molecular weight is 219 g/mol. The van der Waals surface area contributed by atoms with E-state index in [2.05, 4.69) is 6.92 Å². The molecule has 3 nitrogen and oxygen atoms in total. The Labute approximate surface area is 88.8 Å². The van der Waals surface area contributed by atoms with E-state index in [4.69, 9.17) is 10.5 Å². The highest BCUT2D eigenvalue weighted by Crippen LogP contribution is 2.19. The van der Waals surface area contributed by atoms with Gasteiger partial charge in [-0.3, -0.25) is 4.21 Å². The number of rotatable bonds is 5. The Balaban J connectivity index is 2.20. The van der Waals surface area contributed by atoms with Crippen molar-refractivity contribution >= 4 is 10.8 Å². The highest BCUT2D eigenvalue weighted by molar-refractivity contribution is 7.85. The maximum Gasteiger partial charge on any atom is 0.0694 e. The van der Waals surface area contributed by atoms with Gasteiger partial charge in [0.05, 0.1) is 12.2 Å². The molecule has 0 bridgehead atoms. The predicted molar refractivity (Wildman–Crippen MR) is 59.7 cm³/mol. The lowest BCUT2D eigenvalue weighted by atomic mass is 10.2. The van der Waals surface area contributed by atoms with Gasteiger partial charge in [-0.25, -0.2) is 0 Å². The molecular weight excluding hydrogens is 198 g/mol. The fourth-order valence-corrected chi connectivity index (χ4v) is 3.15. The van der Waals surface area contributed by atoms with E-state index in [-0.39, 0.29) is 12.1 Å². The Kier molecular flexibility index (Phi) is 5.06. The second kappa shape index (κ2) is 5.83. The van der Waals surface area contributed by atoms with Crippen molar-refractivity contribution in [3.63, 3.8) is 0 Å². The summed E-state index contributed by atoms with van der Waals surface area (Å²) in [5.41, 5.74) is 5.74. The highest BCUT2D eigenvalue weighted by atomic mass is 32.2. The van der Waals surface area contributed by atoms with Crippen molar-refractivity contribution in [3.05, 3.63) is 0 Å². The maximum atomic E-state index is 11.6. The SMILES string of the molecule is CCC(N)CS(=O)CC1CCC(C)O1. The van der Waals surface area contributed by atoms with Crippen LogP contribution in [0.5, 0.6) is 0 Å². The van der Waals surface area contributed by atoms with Gasteiger partial charge in [0.25, 0.3) is 0 Å². The van der Waals surface area contributed by atoms with E-state index < -0.39 is 10.8 Å². The third-order valence-corrected chi connectivity index (χ3v) is 4.16. The van der Waals surface area contributed by atoms with Gasteiger partial charge in [-0.2, -0.15) is 0 Å². The summed E-state index contributed by atoms with van der Waals surface area (Å²) in [7, 11) is -0.805. The summed E-state index contributed by atoms with van der Waals surface area (Å²) in [6.45, 7) is 4.09. The van der Waals surface area contributed by atoms with E-state index in [9.17, 15) is 4.21 Å². The number of hydrogen-bond acceptors (Lipinski definition) is 3. The zero-order chi connectivity index (χ0) is 10.6. The molecule has 1 aliphatic rings. The predicted octanol–water partition coefficient (Wildman–Crippen LogP) is 1.04. The van der Waals surface area contributed by atoms with Crippen LogP contribution in [-0.2, 0) is 15.5 Å². The first-order valence-corrected chi connectivity index (χ1v) is 6.86. The maximum absolute atomic E-state index is 11.6. The average Bonchev–Trinajstić information content (AvgIpc) is 2.50. The Morgan fingerprint density at radius 2 is 2.29 bits per heavy atom. The normalized spacial score (nSPS) is 31.6. The topological polar surface area (TPSA) is 52.3 Å². The summed E-state index contributed by atoms with van der Waals surface area (Å²) >= 11 is 0. The van der Waals surface area contributed by atoms with E-state index >= 15 is 0 Å². The molecule has 1 fully saturated rings. The molecule has 4 unspecified atom stereocenters. The molecule has 4 atom stereocenters. The van der Waals surface area contributed by atoms with Gasteiger partial charge < -0.3 is 10.5 Å². The largest absolute Gasteiger partial charge is 0.374 e. The molecule has 1 saturated heterocycles. The van der Waals surface area contributed by atoms with Gasteiger partial charge in [-0.05, 0) is 26.2 Å². The molecule has 4 heteroatoms. The van der Waals surface area contributed by atoms with Crippen molar-refractivity contribution in [1.82, 2.24) is 0 Å². The van der Waals surface area contributed by atoms with E-state index in [1.54, 1.807) is 0 Å². The molecule has 0 aromatic rings. The second-order valence-electron chi connectivity index (χ2n) is 4.09. The first-order chi connectivity index (χ1) is 6.61. The van der Waals surface area contributed by atoms with Crippen molar-refractivity contribution in [3.8, 4) is 0 Å². The van der Waals surface area contributed by atoms with Gasteiger partial charge in [0.15, 0.2) is 0 Å². The van der Waals surface area contributed by atoms with Crippen molar-refractivity contribution < 1.29 is 8.95 Å². The Morgan fingerprint density at radius 1 is 1.57 bits per heavy atom. The number of hydrogen-bond donors (Lipinski definition) is 1. The van der Waals surface area contributed by atoms with Gasteiger partial charge >= 0.3 is 0 Å². The molecule has 0 aliphatic carbocycles. The quantitative estimate of drug-likeness (QED) is 0.751. The molecule has 84 valence electrons. The van der Waals surface area contributed by atoms with Crippen molar-refractivity contribution in [2.24, 2.45) is 5.73 Å². The van der Waals surface area contributed by atoms with Crippen LogP contribution in [0.15, 0.2) is 0 Å². The second-order valence-corrected chi connectivity index (χ2v) is 5.63. The zero-order valence-corrected chi connectivity index (χ0v) is 9.89. The van der Waals surface area contributed by atoms with Crippen LogP contribution in [0.25, 0.3) is 0 Å². The van der Waals surface area contributed by atoms with Crippen LogP contribution in [-0.4, -0.2) is 34.0 Å². The fraction of sp³-hybridized carbons (Fsp3) is 1.00. The monoisotopic (exact) mass is 219 g/mol. The minimum Gasteiger partial charge on any atom is -0.374 e. The zero-order valence-electron chi connectivity index (χ0n) is 9.07. The minimum atomic E-state index is -0.805. The molecule has 1 aliphatic heterocycles. The van der Waals surface area contributed by atoms with Crippen LogP contribution in [0.4, 0.5) is 0 Å². The van der Waals surface area contributed by atoms with Gasteiger partial charge in [-0.15, -0.1) is 0 Å². The lowest BCUT2D eigenvalue weighted by molar-refractivity contribution is 0.0695. The van der Waals surface area contributed by atoms with E-state index in [0.717, 1.165) is 19.3 Å². The van der Waals surface area contributed by atoms with Crippen molar-refractivity contribution in [1.29, 1.82) is 0 Å². The lowest BCUT2D eigenvalue weighted by Gasteiger charge is -2.12. The Bertz CT molecular complexity index is 199. The fourth-order valence-electron chi connectivity index (χ4n) is 1.64. The third-order valence-electron chi connectivity index (χ3n) is 2.62. The standard InChI is InChI=1S/C10H21NO2S/c1-3-9(11)6-14(12)7-10-5-4-8(2)13-10/h8-10H,3-7,11H2,1-2H3. The summed E-state index contributed by atoms with van der Waals surface area (Å²) in [6, 6.07) is 0.0784. The smallest absolute Gasteiger partial charge is 0.0694 e. The van der Waals surface area contributed by atoms with E-state index in [1.165, 1.54) is 0 Å². The first kappa shape index (κ1) is 12.1. The van der Waals surface area contributed by atoms with Crippen LogP contribution in [0.2, 0.25) is 0 Å². The van der Waals surface area contributed by atoms with E-state index in [0.29, 0.717) is 17.6 Å². The van der Waals surface area contributed by atoms with Crippen LogP contribution >= 0.6 is 0 Å². The van der Waals surface area contributed by atoms with Crippen LogP contribution in [0, 0.1) is 0 Å². The third kappa shape index (κ3) is 4.07. The van der Waals surface area contributed by atoms with Crippen LogP contribution in [0.3, 0.4) is 0 Å². The van der Waals surface area contributed by atoms with Crippen LogP contribution < -0.4 is 5.73 Å². The molecule has 0 amide bonds. The highest BCUT2D eigenvalue weighted by Gasteiger charge is 2.23. The number of nitrogens with two attached hydrogens (primary N) is 1. The molecule has 14 heavy (non-hydrogen) atoms. The molecular formula is C10H21NO2S. The number of ether oxygens (including phenoxy) is 1. The molecule has 1 rings (SSSR count). The van der Waals surface area contributed by atoms with E-state index in [1.807, 2.05) is 6.92 Å². The van der Waals surface area contributed by atoms with Crippen LogP contribution in [0.1, 0.15) is 33.1 Å². The molecule has 0 radical (unpaired) electrons. The lowest BCUT2D eigenvalue weighted by Crippen LogP contribution is -2.29. The summed E-state index contributed by atoms with van der Waals surface area (Å²) in [4.78, 5) is 0. The Morgan fingerprint density at radius 3 is 2.79 bits per heavy atom. The van der Waals surface area contributed by atoms with Gasteiger partial charge in [-0.1, -0.05) is 6.92 Å². The minimum absolute atomic E-state index is 0.0784. The molecule has 0 spiro atoms. The van der Waals surface area contributed by atoms with Crippen molar-refractivity contribution in [2.45, 2.75) is 51.4 Å². The van der Waals surface area contributed by atoms with Gasteiger partial charge in [0, 0.05) is 28.3 Å². The first-order valence-electron chi connectivity index (χ1n) is 5.37. The van der Waals surface area contributed by atoms with Gasteiger partial charge in [0.2, 0.25) is 0 Å². The van der Waals surface area contributed by atoms with Gasteiger partial charge in [0.1, 0.15) is 0 Å². The molecule has 0 aromatic carbocycles. The summed E-state index contributed by atoms with van der Waals surface area (Å²) in [5, 5.41) is 0. The summed E-state index contributed by atoms with van der Waals surface area (Å²) < 4.78 is 17.2. The summed E-state index contributed by atoms with van der Waals surface area (Å²) in [5.74, 6) is 1.28. The molecule has 2 N–H and O–H groups in total. The molecule has 0 saturated carbocycles. The Hall–Kier alpha value is 0.0700. The molecule has 1 heterocycles. The molecule has 0 aromatic heterocycles. The summed E-state index contributed by atoms with van der Waals surface area (Å²) in [6.07, 6.45) is 3.59. The van der Waals surface area contributed by atoms with Crippen molar-refractivity contribution in [2.75, 3.05) is 11.5 Å².